The summed E-state index contributed by atoms with van der Waals surface area (Å²) in [5.74, 6) is 0.538. The zero-order valence-electron chi connectivity index (χ0n) is 8.53. The minimum atomic E-state index is -0.165. The van der Waals surface area contributed by atoms with Gasteiger partial charge < -0.3 is 14.5 Å². The number of methoxy groups -OCH3 is 1. The molecule has 0 unspecified atom stereocenters. The monoisotopic (exact) mass is 205 g/mol. The van der Waals surface area contributed by atoms with Crippen molar-refractivity contribution < 1.29 is 13.9 Å². The molecule has 1 heterocycles. The number of nitrogens with one attached hydrogen (secondary N) is 1. The van der Waals surface area contributed by atoms with Crippen LogP contribution in [0.3, 0.4) is 0 Å². The van der Waals surface area contributed by atoms with Gasteiger partial charge in [-0.25, -0.2) is 0 Å². The first-order valence-electron chi connectivity index (χ1n) is 4.53. The molecule has 1 aromatic carbocycles. The van der Waals surface area contributed by atoms with E-state index in [9.17, 15) is 4.79 Å². The maximum absolute atomic E-state index is 11.5. The molecule has 1 amide bonds. The fourth-order valence-corrected chi connectivity index (χ4v) is 1.45. The van der Waals surface area contributed by atoms with E-state index in [1.807, 2.05) is 0 Å². The van der Waals surface area contributed by atoms with E-state index in [1.54, 1.807) is 32.4 Å². The molecule has 1 aromatic heterocycles. The summed E-state index contributed by atoms with van der Waals surface area (Å²) in [5, 5.41) is 3.32. The van der Waals surface area contributed by atoms with Gasteiger partial charge in [-0.15, -0.1) is 0 Å². The number of hydrogen-bond acceptors (Lipinski definition) is 3. The highest BCUT2D eigenvalue weighted by molar-refractivity contribution is 6.06. The van der Waals surface area contributed by atoms with Crippen LogP contribution in [0.4, 0.5) is 0 Å². The molecule has 78 valence electrons. The average Bonchev–Trinajstić information content (AvgIpc) is 2.70. The van der Waals surface area contributed by atoms with E-state index in [4.69, 9.17) is 9.15 Å². The number of benzene rings is 1. The number of carbonyl (C=O) groups excluding carboxylic acids is 1. The molecule has 0 atom stereocenters. The van der Waals surface area contributed by atoms with Gasteiger partial charge in [0.2, 0.25) is 0 Å². The van der Waals surface area contributed by atoms with Gasteiger partial charge in [-0.3, -0.25) is 4.79 Å². The molecule has 0 saturated heterocycles. The topological polar surface area (TPSA) is 51.5 Å². The zero-order valence-corrected chi connectivity index (χ0v) is 8.53. The van der Waals surface area contributed by atoms with Gasteiger partial charge in [-0.2, -0.15) is 0 Å². The molecular weight excluding hydrogens is 194 g/mol. The first kappa shape index (κ1) is 9.58. The summed E-state index contributed by atoms with van der Waals surface area (Å²) in [5.41, 5.74) is 1.20. The molecule has 0 aliphatic heterocycles. The van der Waals surface area contributed by atoms with Crippen molar-refractivity contribution in [3.63, 3.8) is 0 Å². The van der Waals surface area contributed by atoms with Crippen LogP contribution in [0.25, 0.3) is 11.0 Å². The second-order valence-electron chi connectivity index (χ2n) is 3.09. The van der Waals surface area contributed by atoms with Crippen molar-refractivity contribution in [3.8, 4) is 5.75 Å². The van der Waals surface area contributed by atoms with Crippen molar-refractivity contribution in [3.05, 3.63) is 30.0 Å². The maximum Gasteiger partial charge on any atom is 0.254 e. The molecule has 0 radical (unpaired) electrons. The number of rotatable bonds is 2. The fraction of sp³-hybridized carbons (Fsp3) is 0.182. The summed E-state index contributed by atoms with van der Waals surface area (Å²) < 4.78 is 10.3. The second kappa shape index (κ2) is 3.65. The molecule has 0 fully saturated rings. The number of fused-ring (bicyclic) bond motifs is 1. The Morgan fingerprint density at radius 2 is 2.27 bits per heavy atom. The van der Waals surface area contributed by atoms with Gasteiger partial charge in [0.25, 0.3) is 5.91 Å². The number of carbonyl (C=O) groups is 1. The first-order chi connectivity index (χ1) is 7.26. The van der Waals surface area contributed by atoms with Gasteiger partial charge in [0.15, 0.2) is 0 Å². The summed E-state index contributed by atoms with van der Waals surface area (Å²) in [6.45, 7) is 0. The Kier molecular flexibility index (Phi) is 2.33. The normalized spacial score (nSPS) is 10.3. The highest BCUT2D eigenvalue weighted by atomic mass is 16.5. The molecule has 4 nitrogen and oxygen atoms in total. The Balaban J connectivity index is 2.61. The van der Waals surface area contributed by atoms with Crippen LogP contribution in [0.15, 0.2) is 28.9 Å². The lowest BCUT2D eigenvalue weighted by atomic mass is 10.1. The fourth-order valence-electron chi connectivity index (χ4n) is 1.45. The summed E-state index contributed by atoms with van der Waals surface area (Å²) in [7, 11) is 3.17. The van der Waals surface area contributed by atoms with E-state index in [-0.39, 0.29) is 5.91 Å². The summed E-state index contributed by atoms with van der Waals surface area (Å²) in [4.78, 5) is 11.5. The Bertz CT molecular complexity index is 502. The lowest BCUT2D eigenvalue weighted by Gasteiger charge is -1.99. The van der Waals surface area contributed by atoms with Crippen LogP contribution in [-0.4, -0.2) is 20.1 Å². The van der Waals surface area contributed by atoms with E-state index in [2.05, 4.69) is 5.32 Å². The quantitative estimate of drug-likeness (QED) is 0.813. The minimum Gasteiger partial charge on any atom is -0.497 e. The third-order valence-electron chi connectivity index (χ3n) is 2.25. The number of ether oxygens (including phenoxy) is 1. The molecule has 2 aromatic rings. The maximum atomic E-state index is 11.5. The van der Waals surface area contributed by atoms with E-state index in [0.717, 1.165) is 5.39 Å². The van der Waals surface area contributed by atoms with Gasteiger partial charge in [0.1, 0.15) is 17.6 Å². The molecule has 2 rings (SSSR count). The van der Waals surface area contributed by atoms with Crippen LogP contribution in [0.2, 0.25) is 0 Å². The number of amides is 1. The first-order valence-corrected chi connectivity index (χ1v) is 4.53. The van der Waals surface area contributed by atoms with Crippen molar-refractivity contribution in [2.75, 3.05) is 14.2 Å². The van der Waals surface area contributed by atoms with Gasteiger partial charge in [0.05, 0.1) is 12.7 Å². The highest BCUT2D eigenvalue weighted by Gasteiger charge is 2.12. The smallest absolute Gasteiger partial charge is 0.254 e. The van der Waals surface area contributed by atoms with Crippen molar-refractivity contribution in [1.82, 2.24) is 5.32 Å². The lowest BCUT2D eigenvalue weighted by Crippen LogP contribution is -2.17. The molecular formula is C11H11NO3. The third-order valence-corrected chi connectivity index (χ3v) is 2.25. The van der Waals surface area contributed by atoms with E-state index < -0.39 is 0 Å². The standard InChI is InChI=1S/C11H11NO3/c1-12-11(13)9-6-15-10-4-3-7(14-2)5-8(9)10/h3-6H,1-2H3,(H,12,13). The third kappa shape index (κ3) is 1.54. The van der Waals surface area contributed by atoms with Crippen molar-refractivity contribution in [2.45, 2.75) is 0 Å². The lowest BCUT2D eigenvalue weighted by molar-refractivity contribution is 0.0964. The molecule has 4 heteroatoms. The van der Waals surface area contributed by atoms with Crippen LogP contribution in [0, 0.1) is 0 Å². The number of hydrogen-bond donors (Lipinski definition) is 1. The molecule has 0 aliphatic rings. The van der Waals surface area contributed by atoms with Crippen LogP contribution < -0.4 is 10.1 Å². The van der Waals surface area contributed by atoms with Gasteiger partial charge in [0, 0.05) is 12.4 Å². The van der Waals surface area contributed by atoms with E-state index >= 15 is 0 Å². The largest absolute Gasteiger partial charge is 0.497 e. The molecule has 15 heavy (non-hydrogen) atoms. The van der Waals surface area contributed by atoms with Gasteiger partial charge in [-0.1, -0.05) is 0 Å². The molecule has 1 N–H and O–H groups in total. The minimum absolute atomic E-state index is 0.165. The van der Waals surface area contributed by atoms with Crippen LogP contribution in [-0.2, 0) is 0 Å². The summed E-state index contributed by atoms with van der Waals surface area (Å²) in [6.07, 6.45) is 1.45. The second-order valence-corrected chi connectivity index (χ2v) is 3.09. The summed E-state index contributed by atoms with van der Waals surface area (Å²) in [6, 6.07) is 5.35. The van der Waals surface area contributed by atoms with E-state index in [0.29, 0.717) is 16.9 Å². The average molecular weight is 205 g/mol. The van der Waals surface area contributed by atoms with Crippen molar-refractivity contribution in [2.24, 2.45) is 0 Å². The van der Waals surface area contributed by atoms with E-state index in [1.165, 1.54) is 6.26 Å². The van der Waals surface area contributed by atoms with Crippen molar-refractivity contribution in [1.29, 1.82) is 0 Å². The zero-order chi connectivity index (χ0) is 10.8. The predicted molar refractivity (Wildman–Crippen MR) is 56.2 cm³/mol. The Morgan fingerprint density at radius 3 is 2.93 bits per heavy atom. The van der Waals surface area contributed by atoms with Crippen LogP contribution in [0.5, 0.6) is 5.75 Å². The highest BCUT2D eigenvalue weighted by Crippen LogP contribution is 2.25. The Hall–Kier alpha value is -1.97. The van der Waals surface area contributed by atoms with Crippen LogP contribution in [0.1, 0.15) is 10.4 Å². The molecule has 0 aliphatic carbocycles. The molecule has 0 spiro atoms. The molecule has 0 saturated carbocycles. The van der Waals surface area contributed by atoms with Gasteiger partial charge in [-0.05, 0) is 18.2 Å². The van der Waals surface area contributed by atoms with Crippen LogP contribution >= 0.6 is 0 Å². The van der Waals surface area contributed by atoms with Crippen molar-refractivity contribution >= 4 is 16.9 Å². The Labute approximate surface area is 86.8 Å². The summed E-state index contributed by atoms with van der Waals surface area (Å²) >= 11 is 0. The predicted octanol–water partition coefficient (Wildman–Crippen LogP) is 1.80. The molecule has 0 bridgehead atoms. The number of furan rings is 1. The SMILES string of the molecule is CNC(=O)c1coc2ccc(OC)cc12. The Morgan fingerprint density at radius 1 is 1.47 bits per heavy atom. The van der Waals surface area contributed by atoms with Gasteiger partial charge >= 0.3 is 0 Å².